The standard InChI is InChI=1S/C6H3BrINO2/c7-3-1-4(6(10)11)9-5(8)2-3/h1-2H,(H,10,11). The van der Waals surface area contributed by atoms with E-state index in [1.807, 2.05) is 22.6 Å². The van der Waals surface area contributed by atoms with Crippen LogP contribution < -0.4 is 0 Å². The summed E-state index contributed by atoms with van der Waals surface area (Å²) in [7, 11) is 0. The summed E-state index contributed by atoms with van der Waals surface area (Å²) in [5.74, 6) is -1.01. The van der Waals surface area contributed by atoms with Gasteiger partial charge in [-0.15, -0.1) is 0 Å². The van der Waals surface area contributed by atoms with Gasteiger partial charge in [-0.25, -0.2) is 9.78 Å². The lowest BCUT2D eigenvalue weighted by Gasteiger charge is -1.95. The number of rotatable bonds is 1. The lowest BCUT2D eigenvalue weighted by Crippen LogP contribution is -2.00. The van der Waals surface area contributed by atoms with E-state index in [-0.39, 0.29) is 5.69 Å². The zero-order valence-corrected chi connectivity index (χ0v) is 8.96. The van der Waals surface area contributed by atoms with Gasteiger partial charge in [-0.1, -0.05) is 15.9 Å². The second-order valence-corrected chi connectivity index (χ2v) is 3.82. The molecule has 0 fully saturated rings. The Morgan fingerprint density at radius 3 is 2.73 bits per heavy atom. The molecule has 0 aliphatic carbocycles. The molecule has 58 valence electrons. The smallest absolute Gasteiger partial charge is 0.354 e. The molecule has 0 saturated carbocycles. The molecule has 0 unspecified atom stereocenters. The Morgan fingerprint density at radius 1 is 1.64 bits per heavy atom. The summed E-state index contributed by atoms with van der Waals surface area (Å²) in [6.07, 6.45) is 0. The van der Waals surface area contributed by atoms with E-state index in [2.05, 4.69) is 20.9 Å². The maximum Gasteiger partial charge on any atom is 0.354 e. The normalized spacial score (nSPS) is 9.64. The summed E-state index contributed by atoms with van der Waals surface area (Å²) >= 11 is 5.13. The molecule has 0 radical (unpaired) electrons. The SMILES string of the molecule is O=C(O)c1cc(Br)cc(I)n1. The first-order valence-corrected chi connectivity index (χ1v) is 4.53. The summed E-state index contributed by atoms with van der Waals surface area (Å²) in [6.45, 7) is 0. The van der Waals surface area contributed by atoms with Gasteiger partial charge in [0.1, 0.15) is 3.70 Å². The van der Waals surface area contributed by atoms with Gasteiger partial charge in [-0.05, 0) is 34.7 Å². The molecule has 1 N–H and O–H groups in total. The Hall–Kier alpha value is -0.170. The number of pyridine rings is 1. The third kappa shape index (κ3) is 2.41. The van der Waals surface area contributed by atoms with Crippen molar-refractivity contribution in [3.8, 4) is 0 Å². The zero-order chi connectivity index (χ0) is 8.43. The van der Waals surface area contributed by atoms with Crippen LogP contribution in [-0.2, 0) is 0 Å². The van der Waals surface area contributed by atoms with E-state index in [1.165, 1.54) is 6.07 Å². The van der Waals surface area contributed by atoms with E-state index < -0.39 is 5.97 Å². The van der Waals surface area contributed by atoms with Crippen molar-refractivity contribution in [1.82, 2.24) is 4.98 Å². The second-order valence-electron chi connectivity index (χ2n) is 1.80. The number of halogens is 2. The summed E-state index contributed by atoms with van der Waals surface area (Å²) in [4.78, 5) is 14.2. The van der Waals surface area contributed by atoms with Gasteiger partial charge >= 0.3 is 5.97 Å². The number of carboxylic acids is 1. The highest BCUT2D eigenvalue weighted by atomic mass is 127. The molecule has 0 aromatic carbocycles. The maximum atomic E-state index is 10.4. The van der Waals surface area contributed by atoms with Crippen LogP contribution in [0.25, 0.3) is 0 Å². The molecule has 0 bridgehead atoms. The van der Waals surface area contributed by atoms with E-state index in [0.29, 0.717) is 3.70 Å². The van der Waals surface area contributed by atoms with Crippen molar-refractivity contribution in [2.24, 2.45) is 0 Å². The van der Waals surface area contributed by atoms with Crippen LogP contribution in [0.4, 0.5) is 0 Å². The van der Waals surface area contributed by atoms with E-state index >= 15 is 0 Å². The van der Waals surface area contributed by atoms with Crippen molar-refractivity contribution < 1.29 is 9.90 Å². The minimum atomic E-state index is -1.01. The van der Waals surface area contributed by atoms with Gasteiger partial charge in [-0.2, -0.15) is 0 Å². The van der Waals surface area contributed by atoms with Gasteiger partial charge in [-0.3, -0.25) is 0 Å². The molecule has 5 heteroatoms. The molecule has 0 atom stereocenters. The average Bonchev–Trinajstić information content (AvgIpc) is 1.85. The van der Waals surface area contributed by atoms with Crippen LogP contribution in [-0.4, -0.2) is 16.1 Å². The zero-order valence-electron chi connectivity index (χ0n) is 5.21. The molecule has 1 rings (SSSR count). The van der Waals surface area contributed by atoms with Crippen molar-refractivity contribution in [2.45, 2.75) is 0 Å². The van der Waals surface area contributed by atoms with Crippen LogP contribution in [0.5, 0.6) is 0 Å². The summed E-state index contributed by atoms with van der Waals surface area (Å²) in [5.41, 5.74) is 0.0591. The molecule has 0 saturated heterocycles. The third-order valence-corrected chi connectivity index (χ3v) is 1.99. The van der Waals surface area contributed by atoms with Crippen LogP contribution >= 0.6 is 38.5 Å². The monoisotopic (exact) mass is 327 g/mol. The van der Waals surface area contributed by atoms with Gasteiger partial charge in [0.05, 0.1) is 0 Å². The lowest BCUT2D eigenvalue weighted by molar-refractivity contribution is 0.0690. The highest BCUT2D eigenvalue weighted by molar-refractivity contribution is 14.1. The van der Waals surface area contributed by atoms with Gasteiger partial charge in [0, 0.05) is 4.47 Å². The number of aromatic nitrogens is 1. The van der Waals surface area contributed by atoms with Gasteiger partial charge < -0.3 is 5.11 Å². The Morgan fingerprint density at radius 2 is 2.27 bits per heavy atom. The molecule has 11 heavy (non-hydrogen) atoms. The molecular weight excluding hydrogens is 325 g/mol. The quantitative estimate of drug-likeness (QED) is 0.635. The van der Waals surface area contributed by atoms with E-state index in [0.717, 1.165) is 4.47 Å². The lowest BCUT2D eigenvalue weighted by atomic mass is 10.4. The fraction of sp³-hybridized carbons (Fsp3) is 0. The molecule has 3 nitrogen and oxygen atoms in total. The molecule has 0 amide bonds. The predicted octanol–water partition coefficient (Wildman–Crippen LogP) is 2.15. The molecule has 1 aromatic heterocycles. The third-order valence-electron chi connectivity index (χ3n) is 0.978. The fourth-order valence-corrected chi connectivity index (χ4v) is 2.03. The maximum absolute atomic E-state index is 10.4. The molecule has 0 aliphatic heterocycles. The predicted molar refractivity (Wildman–Crippen MR) is 51.6 cm³/mol. The van der Waals surface area contributed by atoms with E-state index in [1.54, 1.807) is 6.07 Å². The van der Waals surface area contributed by atoms with Gasteiger partial charge in [0.25, 0.3) is 0 Å². The first-order chi connectivity index (χ1) is 5.09. The van der Waals surface area contributed by atoms with Crippen molar-refractivity contribution in [3.63, 3.8) is 0 Å². The first-order valence-electron chi connectivity index (χ1n) is 2.66. The molecule has 0 aliphatic rings. The van der Waals surface area contributed by atoms with Crippen molar-refractivity contribution in [1.29, 1.82) is 0 Å². The minimum Gasteiger partial charge on any atom is -0.477 e. The van der Waals surface area contributed by atoms with Crippen LogP contribution in [0.2, 0.25) is 0 Å². The first kappa shape index (κ1) is 8.92. The number of aromatic carboxylic acids is 1. The topological polar surface area (TPSA) is 50.2 Å². The van der Waals surface area contributed by atoms with E-state index in [4.69, 9.17) is 5.11 Å². The van der Waals surface area contributed by atoms with Crippen LogP contribution in [0, 0.1) is 3.70 Å². The fourth-order valence-electron chi connectivity index (χ4n) is 0.575. The second kappa shape index (κ2) is 3.48. The largest absolute Gasteiger partial charge is 0.477 e. The Bertz CT molecular complexity index is 282. The Balaban J connectivity index is 3.19. The van der Waals surface area contributed by atoms with Crippen LogP contribution in [0.15, 0.2) is 16.6 Å². The summed E-state index contributed by atoms with van der Waals surface area (Å²) in [6, 6.07) is 3.21. The van der Waals surface area contributed by atoms with Crippen molar-refractivity contribution in [3.05, 3.63) is 26.0 Å². The van der Waals surface area contributed by atoms with Crippen LogP contribution in [0.1, 0.15) is 10.5 Å². The number of carboxylic acid groups (broad SMARTS) is 1. The highest BCUT2D eigenvalue weighted by Gasteiger charge is 2.05. The van der Waals surface area contributed by atoms with Crippen LogP contribution in [0.3, 0.4) is 0 Å². The average molecular weight is 328 g/mol. The Labute approximate surface area is 85.1 Å². The van der Waals surface area contributed by atoms with Gasteiger partial charge in [0.2, 0.25) is 0 Å². The molecular formula is C6H3BrINO2. The summed E-state index contributed by atoms with van der Waals surface area (Å²) in [5, 5.41) is 8.55. The van der Waals surface area contributed by atoms with Crippen molar-refractivity contribution >= 4 is 44.5 Å². The molecule has 1 heterocycles. The van der Waals surface area contributed by atoms with Gasteiger partial charge in [0.15, 0.2) is 5.69 Å². The highest BCUT2D eigenvalue weighted by Crippen LogP contribution is 2.13. The minimum absolute atomic E-state index is 0.0591. The van der Waals surface area contributed by atoms with Crippen molar-refractivity contribution in [2.75, 3.05) is 0 Å². The number of nitrogens with zero attached hydrogens (tertiary/aromatic N) is 1. The number of carbonyl (C=O) groups is 1. The number of hydrogen-bond acceptors (Lipinski definition) is 2. The Kier molecular flexibility index (Phi) is 2.83. The molecule has 1 aromatic rings. The number of hydrogen-bond donors (Lipinski definition) is 1. The molecule has 0 spiro atoms. The van der Waals surface area contributed by atoms with E-state index in [9.17, 15) is 4.79 Å². The summed E-state index contributed by atoms with van der Waals surface area (Å²) < 4.78 is 1.39.